The maximum atomic E-state index is 6.36. The summed E-state index contributed by atoms with van der Waals surface area (Å²) < 4.78 is 6.36. The first-order valence-corrected chi connectivity index (χ1v) is 8.01. The van der Waals surface area contributed by atoms with E-state index in [0.29, 0.717) is 17.9 Å². The fourth-order valence-corrected chi connectivity index (χ4v) is 4.56. The standard InChI is InChI=1S/C18H28O/c1-11-5-6-16(13(3)7-11)18-17-9-15(10-19-18)12(2)8-14(17)4/h5,8,12-13,15-18H,6-7,9-10H2,1-4H3/t12-,13+,15+,16+,17+,18+/m1/s1. The van der Waals surface area contributed by atoms with Crippen molar-refractivity contribution in [1.29, 1.82) is 0 Å². The van der Waals surface area contributed by atoms with Gasteiger partial charge in [-0.05, 0) is 56.8 Å². The van der Waals surface area contributed by atoms with Gasteiger partial charge in [-0.2, -0.15) is 0 Å². The minimum atomic E-state index is 0.472. The molecule has 0 aromatic carbocycles. The van der Waals surface area contributed by atoms with Crippen LogP contribution in [-0.2, 0) is 4.74 Å². The van der Waals surface area contributed by atoms with E-state index in [9.17, 15) is 0 Å². The Kier molecular flexibility index (Phi) is 3.59. The van der Waals surface area contributed by atoms with E-state index in [2.05, 4.69) is 39.8 Å². The molecule has 2 aliphatic carbocycles. The summed E-state index contributed by atoms with van der Waals surface area (Å²) in [6, 6.07) is 0. The molecule has 3 aliphatic rings. The van der Waals surface area contributed by atoms with Crippen LogP contribution in [0, 0.1) is 29.6 Å². The van der Waals surface area contributed by atoms with Crippen molar-refractivity contribution in [3.8, 4) is 0 Å². The lowest BCUT2D eigenvalue weighted by Gasteiger charge is -2.47. The van der Waals surface area contributed by atoms with Gasteiger partial charge >= 0.3 is 0 Å². The minimum absolute atomic E-state index is 0.472. The summed E-state index contributed by atoms with van der Waals surface area (Å²) in [7, 11) is 0. The molecule has 3 rings (SSSR count). The fraction of sp³-hybridized carbons (Fsp3) is 0.778. The molecule has 0 amide bonds. The normalized spacial score (nSPS) is 46.5. The smallest absolute Gasteiger partial charge is 0.0674 e. The van der Waals surface area contributed by atoms with Crippen molar-refractivity contribution in [3.63, 3.8) is 0 Å². The van der Waals surface area contributed by atoms with Crippen molar-refractivity contribution in [2.75, 3.05) is 6.61 Å². The second-order valence-corrected chi connectivity index (χ2v) is 7.30. The van der Waals surface area contributed by atoms with Gasteiger partial charge in [0, 0.05) is 5.92 Å². The molecule has 106 valence electrons. The van der Waals surface area contributed by atoms with Crippen LogP contribution in [0.4, 0.5) is 0 Å². The Hall–Kier alpha value is -0.560. The molecule has 0 saturated carbocycles. The third-order valence-electron chi connectivity index (χ3n) is 5.85. The van der Waals surface area contributed by atoms with Gasteiger partial charge in [-0.15, -0.1) is 0 Å². The van der Waals surface area contributed by atoms with Crippen LogP contribution < -0.4 is 0 Å². The monoisotopic (exact) mass is 260 g/mol. The molecule has 0 aromatic rings. The van der Waals surface area contributed by atoms with E-state index in [-0.39, 0.29) is 0 Å². The van der Waals surface area contributed by atoms with Crippen LogP contribution in [-0.4, -0.2) is 12.7 Å². The molecule has 1 heteroatoms. The molecule has 1 fully saturated rings. The zero-order valence-electron chi connectivity index (χ0n) is 12.9. The zero-order chi connectivity index (χ0) is 13.6. The maximum Gasteiger partial charge on any atom is 0.0674 e. The van der Waals surface area contributed by atoms with E-state index in [1.54, 1.807) is 11.1 Å². The predicted molar refractivity (Wildman–Crippen MR) is 79.9 cm³/mol. The van der Waals surface area contributed by atoms with Gasteiger partial charge in [0.2, 0.25) is 0 Å². The summed E-state index contributed by atoms with van der Waals surface area (Å²) in [6.07, 6.45) is 9.29. The number of allylic oxidation sites excluding steroid dienone is 3. The van der Waals surface area contributed by atoms with Crippen molar-refractivity contribution in [2.24, 2.45) is 29.6 Å². The Balaban J connectivity index is 1.81. The van der Waals surface area contributed by atoms with Crippen LogP contribution in [0.15, 0.2) is 23.3 Å². The Morgan fingerprint density at radius 3 is 2.74 bits per heavy atom. The molecule has 6 atom stereocenters. The summed E-state index contributed by atoms with van der Waals surface area (Å²) in [6.45, 7) is 10.4. The zero-order valence-corrected chi connectivity index (χ0v) is 12.9. The van der Waals surface area contributed by atoms with Crippen LogP contribution in [0.3, 0.4) is 0 Å². The SMILES string of the molecule is CC1=CC[C@H]([C@@H]2OC[C@@H]3C[C@H]2C(C)=C[C@H]3C)[C@@H](C)C1. The van der Waals surface area contributed by atoms with Crippen LogP contribution in [0.1, 0.15) is 47.0 Å². The number of ether oxygens (including phenoxy) is 1. The maximum absolute atomic E-state index is 6.36. The molecule has 2 bridgehead atoms. The second kappa shape index (κ2) is 5.09. The van der Waals surface area contributed by atoms with Crippen LogP contribution in [0.5, 0.6) is 0 Å². The van der Waals surface area contributed by atoms with Gasteiger partial charge in [-0.3, -0.25) is 0 Å². The Bertz CT molecular complexity index is 406. The summed E-state index contributed by atoms with van der Waals surface area (Å²) >= 11 is 0. The van der Waals surface area contributed by atoms with Crippen molar-refractivity contribution < 1.29 is 4.74 Å². The summed E-state index contributed by atoms with van der Waals surface area (Å²) in [5, 5.41) is 0. The molecule has 1 heterocycles. The summed E-state index contributed by atoms with van der Waals surface area (Å²) in [4.78, 5) is 0. The van der Waals surface area contributed by atoms with Crippen molar-refractivity contribution in [2.45, 2.75) is 53.1 Å². The quantitative estimate of drug-likeness (QED) is 0.626. The first kappa shape index (κ1) is 13.4. The van der Waals surface area contributed by atoms with Gasteiger partial charge in [0.05, 0.1) is 12.7 Å². The minimum Gasteiger partial charge on any atom is -0.377 e. The van der Waals surface area contributed by atoms with Gasteiger partial charge in [0.1, 0.15) is 0 Å². The molecule has 1 saturated heterocycles. The summed E-state index contributed by atoms with van der Waals surface area (Å²) in [5.74, 6) is 3.67. The number of fused-ring (bicyclic) bond motifs is 2. The highest BCUT2D eigenvalue weighted by Crippen LogP contribution is 2.45. The van der Waals surface area contributed by atoms with Gasteiger partial charge < -0.3 is 4.74 Å². The van der Waals surface area contributed by atoms with Crippen LogP contribution >= 0.6 is 0 Å². The van der Waals surface area contributed by atoms with Gasteiger partial charge in [0.25, 0.3) is 0 Å². The number of hydrogen-bond donors (Lipinski definition) is 0. The highest BCUT2D eigenvalue weighted by molar-refractivity contribution is 5.17. The fourth-order valence-electron chi connectivity index (χ4n) is 4.56. The lowest BCUT2D eigenvalue weighted by atomic mass is 9.66. The molecule has 0 N–H and O–H groups in total. The molecule has 0 aromatic heterocycles. The highest BCUT2D eigenvalue weighted by atomic mass is 16.5. The molecular formula is C18H28O. The van der Waals surface area contributed by atoms with Gasteiger partial charge in [-0.25, -0.2) is 0 Å². The topological polar surface area (TPSA) is 9.23 Å². The molecule has 1 aliphatic heterocycles. The van der Waals surface area contributed by atoms with E-state index >= 15 is 0 Å². The highest BCUT2D eigenvalue weighted by Gasteiger charge is 2.42. The predicted octanol–water partition coefficient (Wildman–Crippen LogP) is 4.60. The lowest BCUT2D eigenvalue weighted by Crippen LogP contribution is -2.46. The van der Waals surface area contributed by atoms with Crippen molar-refractivity contribution >= 4 is 0 Å². The number of hydrogen-bond acceptors (Lipinski definition) is 1. The van der Waals surface area contributed by atoms with E-state index in [1.165, 1.54) is 19.3 Å². The molecule has 19 heavy (non-hydrogen) atoms. The largest absolute Gasteiger partial charge is 0.377 e. The van der Waals surface area contributed by atoms with Gasteiger partial charge in [-0.1, -0.05) is 37.1 Å². The van der Waals surface area contributed by atoms with Crippen molar-refractivity contribution in [1.82, 2.24) is 0 Å². The molecular weight excluding hydrogens is 232 g/mol. The molecule has 0 unspecified atom stereocenters. The third kappa shape index (κ3) is 2.42. The first-order chi connectivity index (χ1) is 9.06. The van der Waals surface area contributed by atoms with E-state index in [4.69, 9.17) is 4.74 Å². The van der Waals surface area contributed by atoms with E-state index in [0.717, 1.165) is 24.4 Å². The Morgan fingerprint density at radius 1 is 1.21 bits per heavy atom. The average Bonchev–Trinajstić information content (AvgIpc) is 2.37. The average molecular weight is 260 g/mol. The summed E-state index contributed by atoms with van der Waals surface area (Å²) in [5.41, 5.74) is 3.16. The van der Waals surface area contributed by atoms with E-state index < -0.39 is 0 Å². The van der Waals surface area contributed by atoms with Crippen molar-refractivity contribution in [3.05, 3.63) is 23.3 Å². The van der Waals surface area contributed by atoms with E-state index in [1.807, 2.05) is 0 Å². The molecule has 1 nitrogen and oxygen atoms in total. The number of rotatable bonds is 1. The van der Waals surface area contributed by atoms with Crippen LogP contribution in [0.25, 0.3) is 0 Å². The second-order valence-electron chi connectivity index (χ2n) is 7.30. The Morgan fingerprint density at radius 2 is 2.00 bits per heavy atom. The first-order valence-electron chi connectivity index (χ1n) is 8.01. The lowest BCUT2D eigenvalue weighted by molar-refractivity contribution is -0.0982. The third-order valence-corrected chi connectivity index (χ3v) is 5.85. The Labute approximate surface area is 118 Å². The van der Waals surface area contributed by atoms with Crippen LogP contribution in [0.2, 0.25) is 0 Å². The van der Waals surface area contributed by atoms with Gasteiger partial charge in [0.15, 0.2) is 0 Å². The molecule has 0 spiro atoms. The molecule has 0 radical (unpaired) electrons.